The first-order valence-electron chi connectivity index (χ1n) is 7.17. The van der Waals surface area contributed by atoms with Crippen LogP contribution in [0.5, 0.6) is 0 Å². The van der Waals surface area contributed by atoms with Gasteiger partial charge in [0.2, 0.25) is 0 Å². The Morgan fingerprint density at radius 1 is 1.13 bits per heavy atom. The number of hydrogen-bond acceptors (Lipinski definition) is 4. The summed E-state index contributed by atoms with van der Waals surface area (Å²) in [6.07, 6.45) is -4.36. The van der Waals surface area contributed by atoms with Gasteiger partial charge in [0.25, 0.3) is 0 Å². The van der Waals surface area contributed by atoms with Crippen molar-refractivity contribution in [2.24, 2.45) is 0 Å². The third-order valence-corrected chi connectivity index (χ3v) is 4.92. The van der Waals surface area contributed by atoms with Gasteiger partial charge in [-0.05, 0) is 12.1 Å². The van der Waals surface area contributed by atoms with Gasteiger partial charge in [-0.1, -0.05) is 23.7 Å². The van der Waals surface area contributed by atoms with Gasteiger partial charge in [0, 0.05) is 31.6 Å². The summed E-state index contributed by atoms with van der Waals surface area (Å²) in [6.45, 7) is 3.58. The van der Waals surface area contributed by atoms with Gasteiger partial charge >= 0.3 is 6.18 Å². The minimum absolute atomic E-state index is 0.455. The lowest BCUT2D eigenvalue weighted by Gasteiger charge is -2.36. The Balaban J connectivity index is 1.57. The predicted molar refractivity (Wildman–Crippen MR) is 86.1 cm³/mol. The van der Waals surface area contributed by atoms with E-state index >= 15 is 0 Å². The summed E-state index contributed by atoms with van der Waals surface area (Å²) in [4.78, 5) is 8.00. The van der Waals surface area contributed by atoms with Crippen molar-refractivity contribution in [3.8, 4) is 0 Å². The van der Waals surface area contributed by atoms with Crippen molar-refractivity contribution >= 4 is 28.6 Å². The van der Waals surface area contributed by atoms with Gasteiger partial charge in [0.05, 0.1) is 17.3 Å². The van der Waals surface area contributed by atoms with E-state index in [2.05, 4.69) is 14.8 Å². The number of benzene rings is 1. The molecule has 0 aliphatic carbocycles. The smallest absolute Gasteiger partial charge is 0.368 e. The number of aromatic nitrogens is 1. The van der Waals surface area contributed by atoms with E-state index in [1.54, 1.807) is 0 Å². The minimum atomic E-state index is -4.36. The number of thiazole rings is 1. The average Bonchev–Trinajstić information content (AvgIpc) is 2.97. The van der Waals surface area contributed by atoms with Crippen LogP contribution in [-0.4, -0.2) is 36.1 Å². The van der Waals surface area contributed by atoms with Crippen molar-refractivity contribution in [1.82, 2.24) is 9.88 Å². The average molecular weight is 362 g/mol. The van der Waals surface area contributed by atoms with Crippen LogP contribution in [0.2, 0.25) is 5.02 Å². The quantitative estimate of drug-likeness (QED) is 0.819. The highest BCUT2D eigenvalue weighted by atomic mass is 35.5. The maximum atomic E-state index is 12.6. The maximum absolute atomic E-state index is 12.6. The predicted octanol–water partition coefficient (Wildman–Crippen LogP) is 4.14. The zero-order chi connectivity index (χ0) is 16.4. The fraction of sp³-hybridized carbons (Fsp3) is 0.400. The van der Waals surface area contributed by atoms with Gasteiger partial charge in [0.15, 0.2) is 5.69 Å². The summed E-state index contributed by atoms with van der Waals surface area (Å²) >= 11 is 7.26. The molecule has 3 nitrogen and oxygen atoms in total. The normalized spacial score (nSPS) is 16.8. The second-order valence-corrected chi connectivity index (χ2v) is 6.69. The van der Waals surface area contributed by atoms with Crippen molar-refractivity contribution in [3.05, 3.63) is 45.4 Å². The number of anilines is 1. The van der Waals surface area contributed by atoms with Gasteiger partial charge in [-0.3, -0.25) is 4.90 Å². The van der Waals surface area contributed by atoms with Crippen LogP contribution in [0.15, 0.2) is 29.6 Å². The lowest BCUT2D eigenvalue weighted by molar-refractivity contribution is -0.140. The van der Waals surface area contributed by atoms with Crippen molar-refractivity contribution < 1.29 is 13.2 Å². The van der Waals surface area contributed by atoms with Crippen LogP contribution in [0.1, 0.15) is 10.7 Å². The molecular weight excluding hydrogens is 347 g/mol. The van der Waals surface area contributed by atoms with Crippen LogP contribution in [0.3, 0.4) is 0 Å². The molecule has 1 saturated heterocycles. The molecule has 0 N–H and O–H groups in total. The van der Waals surface area contributed by atoms with E-state index in [-0.39, 0.29) is 0 Å². The zero-order valence-corrected chi connectivity index (χ0v) is 13.8. The van der Waals surface area contributed by atoms with Crippen molar-refractivity contribution in [2.45, 2.75) is 12.7 Å². The molecule has 1 aliphatic heterocycles. The molecule has 1 aromatic heterocycles. The third-order valence-electron chi connectivity index (χ3n) is 3.77. The summed E-state index contributed by atoms with van der Waals surface area (Å²) in [5.74, 6) is 0. The van der Waals surface area contributed by atoms with E-state index < -0.39 is 11.9 Å². The van der Waals surface area contributed by atoms with Gasteiger partial charge < -0.3 is 4.90 Å². The lowest BCUT2D eigenvalue weighted by Crippen LogP contribution is -2.46. The van der Waals surface area contributed by atoms with E-state index in [9.17, 15) is 13.2 Å². The van der Waals surface area contributed by atoms with Crippen molar-refractivity contribution in [3.63, 3.8) is 0 Å². The highest BCUT2D eigenvalue weighted by molar-refractivity contribution is 7.09. The van der Waals surface area contributed by atoms with Crippen LogP contribution in [0.25, 0.3) is 0 Å². The minimum Gasteiger partial charge on any atom is -0.368 e. The molecule has 0 bridgehead atoms. The molecule has 0 unspecified atom stereocenters. The number of halogens is 4. The number of hydrogen-bond donors (Lipinski definition) is 0. The molecule has 0 spiro atoms. The van der Waals surface area contributed by atoms with Gasteiger partial charge in [-0.15, -0.1) is 11.3 Å². The fourth-order valence-electron chi connectivity index (χ4n) is 2.56. The Hall–Kier alpha value is -1.31. The van der Waals surface area contributed by atoms with E-state index in [1.165, 1.54) is 0 Å². The number of rotatable bonds is 3. The summed E-state index contributed by atoms with van der Waals surface area (Å²) < 4.78 is 37.7. The molecular formula is C15H15ClF3N3S. The van der Waals surface area contributed by atoms with Gasteiger partial charge in [-0.25, -0.2) is 4.98 Å². The fourth-order valence-corrected chi connectivity index (χ4v) is 3.66. The lowest BCUT2D eigenvalue weighted by atomic mass is 10.2. The van der Waals surface area contributed by atoms with Crippen LogP contribution in [-0.2, 0) is 12.7 Å². The number of piperazine rings is 1. The maximum Gasteiger partial charge on any atom is 0.434 e. The van der Waals surface area contributed by atoms with E-state index in [0.29, 0.717) is 11.6 Å². The molecule has 1 aliphatic rings. The van der Waals surface area contributed by atoms with Crippen molar-refractivity contribution in [2.75, 3.05) is 31.1 Å². The molecule has 0 amide bonds. The Bertz CT molecular complexity index is 666. The molecule has 0 radical (unpaired) electrons. The molecule has 124 valence electrons. The van der Waals surface area contributed by atoms with Gasteiger partial charge in [-0.2, -0.15) is 13.2 Å². The second-order valence-electron chi connectivity index (χ2n) is 5.34. The van der Waals surface area contributed by atoms with Gasteiger partial charge in [0.1, 0.15) is 5.01 Å². The zero-order valence-electron chi connectivity index (χ0n) is 12.2. The first-order valence-corrected chi connectivity index (χ1v) is 8.42. The van der Waals surface area contributed by atoms with E-state index in [4.69, 9.17) is 11.6 Å². The molecule has 0 atom stereocenters. The third kappa shape index (κ3) is 3.97. The highest BCUT2D eigenvalue weighted by Gasteiger charge is 2.33. The standard InChI is InChI=1S/C15H15ClF3N3S/c16-11-3-1-2-4-12(11)22-7-5-21(6-8-22)9-14-20-13(10-23-14)15(17,18)19/h1-4,10H,5-9H2. The Morgan fingerprint density at radius 2 is 1.83 bits per heavy atom. The summed E-state index contributed by atoms with van der Waals surface area (Å²) in [5.41, 5.74) is 0.203. The molecule has 8 heteroatoms. The number of nitrogens with zero attached hydrogens (tertiary/aromatic N) is 3. The van der Waals surface area contributed by atoms with Crippen LogP contribution in [0.4, 0.5) is 18.9 Å². The largest absolute Gasteiger partial charge is 0.434 e. The molecule has 23 heavy (non-hydrogen) atoms. The first-order chi connectivity index (χ1) is 10.9. The Labute approximate surface area is 141 Å². The van der Waals surface area contributed by atoms with E-state index in [0.717, 1.165) is 53.6 Å². The van der Waals surface area contributed by atoms with Crippen LogP contribution < -0.4 is 4.90 Å². The monoisotopic (exact) mass is 361 g/mol. The molecule has 3 rings (SSSR count). The molecule has 1 fully saturated rings. The van der Waals surface area contributed by atoms with Crippen LogP contribution in [0, 0.1) is 0 Å². The summed E-state index contributed by atoms with van der Waals surface area (Å²) in [6, 6.07) is 7.68. The molecule has 1 aromatic carbocycles. The van der Waals surface area contributed by atoms with Crippen LogP contribution >= 0.6 is 22.9 Å². The van der Waals surface area contributed by atoms with E-state index in [1.807, 2.05) is 24.3 Å². The SMILES string of the molecule is FC(F)(F)c1csc(CN2CCN(c3ccccc3Cl)CC2)n1. The number of para-hydroxylation sites is 1. The second kappa shape index (κ2) is 6.67. The summed E-state index contributed by atoms with van der Waals surface area (Å²) in [7, 11) is 0. The summed E-state index contributed by atoms with van der Waals surface area (Å²) in [5, 5.41) is 2.30. The number of alkyl halides is 3. The molecule has 2 aromatic rings. The molecule has 2 heterocycles. The highest BCUT2D eigenvalue weighted by Crippen LogP contribution is 2.31. The first kappa shape index (κ1) is 16.5. The Morgan fingerprint density at radius 3 is 2.43 bits per heavy atom. The Kier molecular flexibility index (Phi) is 4.79. The molecule has 0 saturated carbocycles. The topological polar surface area (TPSA) is 19.4 Å². The van der Waals surface area contributed by atoms with Crippen molar-refractivity contribution in [1.29, 1.82) is 0 Å².